The van der Waals surface area contributed by atoms with Crippen LogP contribution in [0.25, 0.3) is 0 Å². The van der Waals surface area contributed by atoms with Gasteiger partial charge in [0, 0.05) is 19.0 Å². The lowest BCUT2D eigenvalue weighted by Crippen LogP contribution is -2.53. The Morgan fingerprint density at radius 1 is 0.886 bits per heavy atom. The molecular formula is C30H36N2O3. The molecule has 0 radical (unpaired) electrons. The third-order valence-corrected chi connectivity index (χ3v) is 5.99. The Kier molecular flexibility index (Phi) is 9.07. The summed E-state index contributed by atoms with van der Waals surface area (Å²) in [6.07, 6.45) is 0.417. The van der Waals surface area contributed by atoms with Crippen molar-refractivity contribution in [1.82, 2.24) is 10.2 Å². The second-order valence-corrected chi connectivity index (χ2v) is 9.37. The summed E-state index contributed by atoms with van der Waals surface area (Å²) in [7, 11) is 0. The molecule has 0 aliphatic rings. The third kappa shape index (κ3) is 7.44. The topological polar surface area (TPSA) is 58.6 Å². The van der Waals surface area contributed by atoms with E-state index in [1.165, 1.54) is 0 Å². The Balaban J connectivity index is 1.93. The molecule has 0 fully saturated rings. The maximum atomic E-state index is 13.7. The molecule has 0 aliphatic carbocycles. The zero-order chi connectivity index (χ0) is 25.4. The number of rotatable bonds is 10. The standard InChI is InChI=1S/C30H36N2O3/c1-21(2)31-30(34)27(18-25-12-7-6-8-13-25)32(19-26-14-10-9-11-23(26)4)29(33)20-35-28-16-15-22(3)17-24(28)5/h6-17,21,27H,18-20H2,1-5H3,(H,31,34). The van der Waals surface area contributed by atoms with Gasteiger partial charge in [-0.1, -0.05) is 72.3 Å². The molecule has 3 aromatic rings. The molecule has 0 aromatic heterocycles. The van der Waals surface area contributed by atoms with Crippen LogP contribution in [0.1, 0.15) is 41.7 Å². The van der Waals surface area contributed by atoms with Crippen LogP contribution in [-0.4, -0.2) is 35.4 Å². The van der Waals surface area contributed by atoms with Crippen LogP contribution in [0.2, 0.25) is 0 Å². The van der Waals surface area contributed by atoms with Crippen molar-refractivity contribution in [2.75, 3.05) is 6.61 Å². The molecule has 184 valence electrons. The van der Waals surface area contributed by atoms with E-state index in [2.05, 4.69) is 5.32 Å². The van der Waals surface area contributed by atoms with Gasteiger partial charge in [-0.15, -0.1) is 0 Å². The fraction of sp³-hybridized carbons (Fsp3) is 0.333. The lowest BCUT2D eigenvalue weighted by Gasteiger charge is -2.32. The maximum Gasteiger partial charge on any atom is 0.261 e. The van der Waals surface area contributed by atoms with E-state index in [1.807, 2.05) is 107 Å². The van der Waals surface area contributed by atoms with Crippen LogP contribution < -0.4 is 10.1 Å². The third-order valence-electron chi connectivity index (χ3n) is 5.99. The van der Waals surface area contributed by atoms with Crippen LogP contribution in [-0.2, 0) is 22.6 Å². The Morgan fingerprint density at radius 3 is 2.23 bits per heavy atom. The number of carbonyl (C=O) groups is 2. The van der Waals surface area contributed by atoms with E-state index in [9.17, 15) is 9.59 Å². The molecule has 0 saturated carbocycles. The number of nitrogens with one attached hydrogen (secondary N) is 1. The SMILES string of the molecule is Cc1ccc(OCC(=O)N(Cc2ccccc2C)C(Cc2ccccc2)C(=O)NC(C)C)c(C)c1. The minimum Gasteiger partial charge on any atom is -0.483 e. The van der Waals surface area contributed by atoms with Crippen molar-refractivity contribution in [3.05, 3.63) is 101 Å². The summed E-state index contributed by atoms with van der Waals surface area (Å²) in [5, 5.41) is 3.01. The molecule has 5 heteroatoms. The Labute approximate surface area is 209 Å². The molecule has 1 atom stereocenters. The first-order chi connectivity index (χ1) is 16.7. The van der Waals surface area contributed by atoms with E-state index in [1.54, 1.807) is 4.90 Å². The molecule has 3 aromatic carbocycles. The van der Waals surface area contributed by atoms with E-state index in [4.69, 9.17) is 4.74 Å². The zero-order valence-corrected chi connectivity index (χ0v) is 21.4. The summed E-state index contributed by atoms with van der Waals surface area (Å²) in [6.45, 7) is 10.0. The van der Waals surface area contributed by atoms with Crippen molar-refractivity contribution < 1.29 is 14.3 Å². The van der Waals surface area contributed by atoms with Gasteiger partial charge in [-0.25, -0.2) is 0 Å². The van der Waals surface area contributed by atoms with Crippen molar-refractivity contribution in [2.45, 2.75) is 59.7 Å². The van der Waals surface area contributed by atoms with Gasteiger partial charge in [0.1, 0.15) is 11.8 Å². The van der Waals surface area contributed by atoms with E-state index < -0.39 is 6.04 Å². The smallest absolute Gasteiger partial charge is 0.261 e. The monoisotopic (exact) mass is 472 g/mol. The molecule has 0 saturated heterocycles. The summed E-state index contributed by atoms with van der Waals surface area (Å²) in [5.41, 5.74) is 5.18. The van der Waals surface area contributed by atoms with Gasteiger partial charge in [0.15, 0.2) is 6.61 Å². The summed E-state index contributed by atoms with van der Waals surface area (Å²) >= 11 is 0. The Bertz CT molecular complexity index is 1140. The molecule has 5 nitrogen and oxygen atoms in total. The highest BCUT2D eigenvalue weighted by Crippen LogP contribution is 2.21. The number of hydrogen-bond donors (Lipinski definition) is 1. The number of benzene rings is 3. The highest BCUT2D eigenvalue weighted by atomic mass is 16.5. The van der Waals surface area contributed by atoms with Gasteiger partial charge >= 0.3 is 0 Å². The predicted molar refractivity (Wildman–Crippen MR) is 140 cm³/mol. The van der Waals surface area contributed by atoms with Gasteiger partial charge in [0.2, 0.25) is 5.91 Å². The number of aryl methyl sites for hydroxylation is 3. The first-order valence-corrected chi connectivity index (χ1v) is 12.1. The lowest BCUT2D eigenvalue weighted by molar-refractivity contribution is -0.143. The fourth-order valence-electron chi connectivity index (χ4n) is 4.09. The van der Waals surface area contributed by atoms with Crippen LogP contribution in [0.15, 0.2) is 72.8 Å². The molecule has 0 heterocycles. The number of carbonyl (C=O) groups excluding carboxylic acids is 2. The first kappa shape index (κ1) is 26.0. The van der Waals surface area contributed by atoms with Crippen LogP contribution in [0.3, 0.4) is 0 Å². The van der Waals surface area contributed by atoms with Gasteiger partial charge in [-0.2, -0.15) is 0 Å². The molecule has 35 heavy (non-hydrogen) atoms. The molecular weight excluding hydrogens is 436 g/mol. The van der Waals surface area contributed by atoms with Gasteiger partial charge in [-0.05, 0) is 62.9 Å². The Morgan fingerprint density at radius 2 is 1.57 bits per heavy atom. The molecule has 0 spiro atoms. The summed E-state index contributed by atoms with van der Waals surface area (Å²) < 4.78 is 5.94. The fourth-order valence-corrected chi connectivity index (χ4v) is 4.09. The van der Waals surface area contributed by atoms with Crippen molar-refractivity contribution in [2.24, 2.45) is 0 Å². The van der Waals surface area contributed by atoms with E-state index in [-0.39, 0.29) is 24.5 Å². The van der Waals surface area contributed by atoms with Crippen LogP contribution in [0.4, 0.5) is 0 Å². The number of hydrogen-bond acceptors (Lipinski definition) is 3. The van der Waals surface area contributed by atoms with Crippen molar-refractivity contribution in [3.8, 4) is 5.75 Å². The molecule has 0 bridgehead atoms. The average Bonchev–Trinajstić information content (AvgIpc) is 2.82. The van der Waals surface area contributed by atoms with Gasteiger partial charge < -0.3 is 15.0 Å². The van der Waals surface area contributed by atoms with Crippen molar-refractivity contribution in [1.29, 1.82) is 0 Å². The minimum absolute atomic E-state index is 0.0392. The zero-order valence-electron chi connectivity index (χ0n) is 21.4. The molecule has 1 N–H and O–H groups in total. The number of nitrogens with zero attached hydrogens (tertiary/aromatic N) is 1. The number of ether oxygens (including phenoxy) is 1. The van der Waals surface area contributed by atoms with Crippen LogP contribution in [0, 0.1) is 20.8 Å². The first-order valence-electron chi connectivity index (χ1n) is 12.1. The van der Waals surface area contributed by atoms with E-state index in [0.717, 1.165) is 27.8 Å². The van der Waals surface area contributed by atoms with E-state index >= 15 is 0 Å². The van der Waals surface area contributed by atoms with Gasteiger partial charge in [-0.3, -0.25) is 9.59 Å². The summed E-state index contributed by atoms with van der Waals surface area (Å²) in [6, 6.07) is 22.9. The summed E-state index contributed by atoms with van der Waals surface area (Å²) in [4.78, 5) is 28.7. The van der Waals surface area contributed by atoms with Gasteiger partial charge in [0.25, 0.3) is 5.91 Å². The van der Waals surface area contributed by atoms with Crippen molar-refractivity contribution >= 4 is 11.8 Å². The predicted octanol–water partition coefficient (Wildman–Crippen LogP) is 5.16. The molecule has 3 rings (SSSR count). The van der Waals surface area contributed by atoms with Crippen LogP contribution in [0.5, 0.6) is 5.75 Å². The normalized spacial score (nSPS) is 11.7. The van der Waals surface area contributed by atoms with Crippen molar-refractivity contribution in [3.63, 3.8) is 0 Å². The highest BCUT2D eigenvalue weighted by molar-refractivity contribution is 5.88. The molecule has 1 unspecified atom stereocenters. The maximum absolute atomic E-state index is 13.7. The Hall–Kier alpha value is -3.60. The highest BCUT2D eigenvalue weighted by Gasteiger charge is 2.31. The molecule has 2 amide bonds. The molecule has 0 aliphatic heterocycles. The average molecular weight is 473 g/mol. The van der Waals surface area contributed by atoms with E-state index in [0.29, 0.717) is 18.7 Å². The second-order valence-electron chi connectivity index (χ2n) is 9.37. The lowest BCUT2D eigenvalue weighted by atomic mass is 10.0. The largest absolute Gasteiger partial charge is 0.483 e. The van der Waals surface area contributed by atoms with Crippen LogP contribution >= 0.6 is 0 Å². The van der Waals surface area contributed by atoms with Gasteiger partial charge in [0.05, 0.1) is 0 Å². The quantitative estimate of drug-likeness (QED) is 0.444. The second kappa shape index (κ2) is 12.2. The number of amides is 2. The summed E-state index contributed by atoms with van der Waals surface area (Å²) in [5.74, 6) is 0.274. The minimum atomic E-state index is -0.672.